The molecule has 0 spiro atoms. The summed E-state index contributed by atoms with van der Waals surface area (Å²) in [7, 11) is 0. The molecule has 2 N–H and O–H groups in total. The fraction of sp³-hybridized carbons (Fsp3) is 0.474. The minimum absolute atomic E-state index is 0.0158. The molecule has 1 atom stereocenters. The molecular weight excluding hydrogens is 316 g/mol. The first kappa shape index (κ1) is 17.5. The van der Waals surface area contributed by atoms with Crippen molar-refractivity contribution in [3.05, 3.63) is 47.8 Å². The first-order chi connectivity index (χ1) is 12.1. The van der Waals surface area contributed by atoms with Crippen molar-refractivity contribution < 1.29 is 9.90 Å². The normalized spacial score (nSPS) is 20.0. The van der Waals surface area contributed by atoms with Gasteiger partial charge in [-0.25, -0.2) is 9.48 Å². The summed E-state index contributed by atoms with van der Waals surface area (Å²) in [6.07, 6.45) is 4.51. The van der Waals surface area contributed by atoms with E-state index >= 15 is 0 Å². The number of carbonyl (C=O) groups excluding carboxylic acids is 1. The summed E-state index contributed by atoms with van der Waals surface area (Å²) in [6, 6.07) is 9.80. The van der Waals surface area contributed by atoms with Gasteiger partial charge >= 0.3 is 6.03 Å². The lowest BCUT2D eigenvalue weighted by Crippen LogP contribution is -2.53. The van der Waals surface area contributed by atoms with Crippen LogP contribution in [0.15, 0.2) is 36.5 Å². The average molecular weight is 342 g/mol. The Morgan fingerprint density at radius 3 is 2.80 bits per heavy atom. The fourth-order valence-electron chi connectivity index (χ4n) is 3.55. The van der Waals surface area contributed by atoms with Crippen molar-refractivity contribution in [3.63, 3.8) is 0 Å². The highest BCUT2D eigenvalue weighted by molar-refractivity contribution is 5.75. The smallest absolute Gasteiger partial charge is 0.318 e. The van der Waals surface area contributed by atoms with Crippen LogP contribution in [0, 0.1) is 6.92 Å². The number of carbonyl (C=O) groups is 1. The third-order valence-electron chi connectivity index (χ3n) is 5.25. The van der Waals surface area contributed by atoms with Gasteiger partial charge in [0.1, 0.15) is 0 Å². The second kappa shape index (κ2) is 7.27. The number of nitrogens with one attached hydrogen (secondary N) is 1. The van der Waals surface area contributed by atoms with E-state index in [0.717, 1.165) is 36.2 Å². The second-order valence-corrected chi connectivity index (χ2v) is 6.67. The van der Waals surface area contributed by atoms with E-state index in [-0.39, 0.29) is 12.6 Å². The van der Waals surface area contributed by atoms with Gasteiger partial charge in [0.15, 0.2) is 0 Å². The fourth-order valence-corrected chi connectivity index (χ4v) is 3.55. The lowest BCUT2D eigenvalue weighted by atomic mass is 9.94. The lowest BCUT2D eigenvalue weighted by Gasteiger charge is -2.36. The zero-order valence-electron chi connectivity index (χ0n) is 14.9. The van der Waals surface area contributed by atoms with Crippen molar-refractivity contribution in [2.24, 2.45) is 0 Å². The minimum Gasteiger partial charge on any atom is -0.394 e. The monoisotopic (exact) mass is 342 g/mol. The van der Waals surface area contributed by atoms with E-state index in [2.05, 4.69) is 10.4 Å². The topological polar surface area (TPSA) is 70.4 Å². The van der Waals surface area contributed by atoms with Crippen LogP contribution in [0.1, 0.15) is 37.4 Å². The maximum Gasteiger partial charge on any atom is 0.318 e. The number of benzene rings is 1. The Hall–Kier alpha value is -2.34. The maximum absolute atomic E-state index is 12.6. The van der Waals surface area contributed by atoms with Crippen molar-refractivity contribution in [2.75, 3.05) is 13.2 Å². The Labute approximate surface area is 148 Å². The number of urea groups is 1. The van der Waals surface area contributed by atoms with Crippen LogP contribution in [0.3, 0.4) is 0 Å². The number of nitrogens with zero attached hydrogens (tertiary/aromatic N) is 3. The van der Waals surface area contributed by atoms with E-state index in [1.165, 1.54) is 0 Å². The van der Waals surface area contributed by atoms with E-state index in [0.29, 0.717) is 13.1 Å². The molecule has 6 heteroatoms. The summed E-state index contributed by atoms with van der Waals surface area (Å²) < 4.78 is 1.83. The maximum atomic E-state index is 12.6. The Kier molecular flexibility index (Phi) is 5.08. The number of amides is 2. The van der Waals surface area contributed by atoms with Crippen LogP contribution in [0.25, 0.3) is 5.69 Å². The van der Waals surface area contributed by atoms with Crippen LogP contribution in [-0.2, 0) is 6.54 Å². The third kappa shape index (κ3) is 3.39. The van der Waals surface area contributed by atoms with Crippen LogP contribution in [0.4, 0.5) is 4.79 Å². The van der Waals surface area contributed by atoms with Crippen molar-refractivity contribution in [1.82, 2.24) is 20.0 Å². The molecule has 6 nitrogen and oxygen atoms in total. The van der Waals surface area contributed by atoms with Gasteiger partial charge in [0.25, 0.3) is 0 Å². The third-order valence-corrected chi connectivity index (χ3v) is 5.25. The lowest BCUT2D eigenvalue weighted by molar-refractivity contribution is 0.0808. The molecule has 25 heavy (non-hydrogen) atoms. The van der Waals surface area contributed by atoms with E-state index in [9.17, 15) is 9.90 Å². The van der Waals surface area contributed by atoms with Crippen LogP contribution in [0.2, 0.25) is 0 Å². The van der Waals surface area contributed by atoms with Crippen LogP contribution >= 0.6 is 0 Å². The van der Waals surface area contributed by atoms with Crippen molar-refractivity contribution >= 4 is 6.03 Å². The first-order valence-electron chi connectivity index (χ1n) is 8.86. The van der Waals surface area contributed by atoms with Gasteiger partial charge in [0.2, 0.25) is 0 Å². The first-order valence-corrected chi connectivity index (χ1v) is 8.86. The Balaban J connectivity index is 1.68. The van der Waals surface area contributed by atoms with Crippen LogP contribution in [0.5, 0.6) is 0 Å². The van der Waals surface area contributed by atoms with E-state index in [4.69, 9.17) is 0 Å². The Bertz CT molecular complexity index is 722. The van der Waals surface area contributed by atoms with Crippen LogP contribution in [-0.4, -0.2) is 44.5 Å². The summed E-state index contributed by atoms with van der Waals surface area (Å²) in [5.74, 6) is 0. The van der Waals surface area contributed by atoms with Crippen molar-refractivity contribution in [2.45, 2.75) is 45.2 Å². The zero-order chi connectivity index (χ0) is 17.9. The molecule has 1 fully saturated rings. The zero-order valence-corrected chi connectivity index (χ0v) is 14.9. The van der Waals surface area contributed by atoms with Gasteiger partial charge < -0.3 is 15.3 Å². The number of hydrogen-bond acceptors (Lipinski definition) is 3. The molecule has 0 aliphatic carbocycles. The number of likely N-dealkylation sites (tertiary alicyclic amines) is 1. The molecule has 134 valence electrons. The van der Waals surface area contributed by atoms with E-state index in [1.807, 2.05) is 55.1 Å². The van der Waals surface area contributed by atoms with Gasteiger partial charge in [0, 0.05) is 24.8 Å². The number of aryl methyl sites for hydroxylation is 1. The predicted molar refractivity (Wildman–Crippen MR) is 96.6 cm³/mol. The van der Waals surface area contributed by atoms with Gasteiger partial charge in [-0.3, -0.25) is 0 Å². The Morgan fingerprint density at radius 1 is 1.36 bits per heavy atom. The number of para-hydroxylation sites is 1. The molecule has 2 heterocycles. The molecule has 2 aromatic rings. The summed E-state index contributed by atoms with van der Waals surface area (Å²) in [4.78, 5) is 14.4. The molecule has 1 aromatic heterocycles. The molecule has 1 saturated heterocycles. The second-order valence-electron chi connectivity index (χ2n) is 6.67. The quantitative estimate of drug-likeness (QED) is 0.877. The molecule has 1 aliphatic rings. The highest BCUT2D eigenvalue weighted by Crippen LogP contribution is 2.31. The van der Waals surface area contributed by atoms with Gasteiger partial charge in [0.05, 0.1) is 23.5 Å². The minimum atomic E-state index is -0.409. The molecular formula is C19H26N4O2. The summed E-state index contributed by atoms with van der Waals surface area (Å²) in [5.41, 5.74) is 2.47. The van der Waals surface area contributed by atoms with Crippen molar-refractivity contribution in [3.8, 4) is 5.69 Å². The van der Waals surface area contributed by atoms with Crippen LogP contribution < -0.4 is 5.32 Å². The standard InChI is InChI=1S/C19H26N4O2/c1-3-19(14-24)10-7-11-22(19)18(25)20-12-16-13-23(21-15(16)2)17-8-5-4-6-9-17/h4-6,8-9,13,24H,3,7,10-12,14H2,1-2H3,(H,20,25)/t19-/m0/s1. The molecule has 0 bridgehead atoms. The average Bonchev–Trinajstić information content (AvgIpc) is 3.24. The number of rotatable bonds is 5. The SMILES string of the molecule is CC[C@@]1(CO)CCCN1C(=O)NCc1cn(-c2ccccc2)nc1C. The summed E-state index contributed by atoms with van der Waals surface area (Å²) in [6.45, 7) is 5.11. The molecule has 0 radical (unpaired) electrons. The molecule has 0 unspecified atom stereocenters. The van der Waals surface area contributed by atoms with E-state index < -0.39 is 5.54 Å². The van der Waals surface area contributed by atoms with E-state index in [1.54, 1.807) is 4.90 Å². The van der Waals surface area contributed by atoms with Gasteiger partial charge in [-0.1, -0.05) is 25.1 Å². The number of aromatic nitrogens is 2. The molecule has 1 aliphatic heterocycles. The summed E-state index contributed by atoms with van der Waals surface area (Å²) in [5, 5.41) is 17.3. The summed E-state index contributed by atoms with van der Waals surface area (Å²) >= 11 is 0. The number of aliphatic hydroxyl groups excluding tert-OH is 1. The highest BCUT2D eigenvalue weighted by atomic mass is 16.3. The number of aliphatic hydroxyl groups is 1. The molecule has 2 amide bonds. The van der Waals surface area contributed by atoms with Gasteiger partial charge in [-0.2, -0.15) is 5.10 Å². The predicted octanol–water partition coefficient (Wildman–Crippen LogP) is 2.63. The largest absolute Gasteiger partial charge is 0.394 e. The Morgan fingerprint density at radius 2 is 2.12 bits per heavy atom. The number of hydrogen-bond donors (Lipinski definition) is 2. The van der Waals surface area contributed by atoms with Gasteiger partial charge in [-0.15, -0.1) is 0 Å². The molecule has 0 saturated carbocycles. The highest BCUT2D eigenvalue weighted by Gasteiger charge is 2.41. The van der Waals surface area contributed by atoms with Gasteiger partial charge in [-0.05, 0) is 38.3 Å². The van der Waals surface area contributed by atoms with Crippen molar-refractivity contribution in [1.29, 1.82) is 0 Å². The molecule has 1 aromatic carbocycles. The molecule has 3 rings (SSSR count).